The van der Waals surface area contributed by atoms with Crippen LogP contribution in [0.1, 0.15) is 29.8 Å². The standard InChI is InChI=1S/C14H20BrN3O3/c15-12-5-4-11(21-12)14(20)17-6-2-8-18-7-1-3-10(9-18)13(16)19/h4-5,10H,1-3,6-9H2,(H2,16,19)(H,17,20). The van der Waals surface area contributed by atoms with Gasteiger partial charge in [-0.05, 0) is 60.4 Å². The Morgan fingerprint density at radius 2 is 2.29 bits per heavy atom. The van der Waals surface area contributed by atoms with Gasteiger partial charge < -0.3 is 20.4 Å². The third kappa shape index (κ3) is 4.86. The second kappa shape index (κ2) is 7.61. The van der Waals surface area contributed by atoms with E-state index in [0.29, 0.717) is 17.0 Å². The van der Waals surface area contributed by atoms with E-state index in [1.54, 1.807) is 12.1 Å². The molecule has 2 heterocycles. The average Bonchev–Trinajstić information content (AvgIpc) is 2.90. The quantitative estimate of drug-likeness (QED) is 0.752. The van der Waals surface area contributed by atoms with Crippen LogP contribution in [0.2, 0.25) is 0 Å². The smallest absolute Gasteiger partial charge is 0.287 e. The van der Waals surface area contributed by atoms with E-state index in [4.69, 9.17) is 10.2 Å². The van der Waals surface area contributed by atoms with Gasteiger partial charge in [0.2, 0.25) is 5.91 Å². The maximum atomic E-state index is 11.7. The van der Waals surface area contributed by atoms with Gasteiger partial charge in [-0.3, -0.25) is 9.59 Å². The number of nitrogens with one attached hydrogen (secondary N) is 1. The highest BCUT2D eigenvalue weighted by Crippen LogP contribution is 2.16. The van der Waals surface area contributed by atoms with Gasteiger partial charge in [-0.1, -0.05) is 0 Å². The van der Waals surface area contributed by atoms with Crippen LogP contribution >= 0.6 is 15.9 Å². The summed E-state index contributed by atoms with van der Waals surface area (Å²) in [6, 6.07) is 3.31. The number of rotatable bonds is 6. The second-order valence-electron chi connectivity index (χ2n) is 5.26. The second-order valence-corrected chi connectivity index (χ2v) is 6.04. The maximum absolute atomic E-state index is 11.7. The van der Waals surface area contributed by atoms with Crippen LogP contribution in [0.3, 0.4) is 0 Å². The number of amides is 2. The van der Waals surface area contributed by atoms with Crippen LogP contribution < -0.4 is 11.1 Å². The molecule has 1 fully saturated rings. The number of carbonyl (C=O) groups excluding carboxylic acids is 2. The zero-order valence-electron chi connectivity index (χ0n) is 11.8. The SMILES string of the molecule is NC(=O)C1CCCN(CCCNC(=O)c2ccc(Br)o2)C1. The summed E-state index contributed by atoms with van der Waals surface area (Å²) in [5, 5.41) is 2.81. The van der Waals surface area contributed by atoms with Crippen LogP contribution in [-0.4, -0.2) is 42.9 Å². The molecule has 1 aliphatic rings. The summed E-state index contributed by atoms with van der Waals surface area (Å²) in [4.78, 5) is 25.2. The Morgan fingerprint density at radius 3 is 2.95 bits per heavy atom. The normalized spacial score (nSPS) is 19.4. The van der Waals surface area contributed by atoms with Gasteiger partial charge in [-0.25, -0.2) is 0 Å². The van der Waals surface area contributed by atoms with Crippen molar-refractivity contribution >= 4 is 27.7 Å². The van der Waals surface area contributed by atoms with Crippen LogP contribution in [0.4, 0.5) is 0 Å². The Morgan fingerprint density at radius 1 is 1.48 bits per heavy atom. The molecule has 1 saturated heterocycles. The Bertz CT molecular complexity index is 503. The van der Waals surface area contributed by atoms with Gasteiger partial charge in [-0.15, -0.1) is 0 Å². The third-order valence-electron chi connectivity index (χ3n) is 3.64. The third-order valence-corrected chi connectivity index (χ3v) is 4.07. The maximum Gasteiger partial charge on any atom is 0.287 e. The molecule has 0 aromatic carbocycles. The van der Waals surface area contributed by atoms with Crippen LogP contribution in [0.5, 0.6) is 0 Å². The summed E-state index contributed by atoms with van der Waals surface area (Å²) in [6.45, 7) is 3.15. The first kappa shape index (κ1) is 16.0. The van der Waals surface area contributed by atoms with E-state index >= 15 is 0 Å². The van der Waals surface area contributed by atoms with Gasteiger partial charge in [0.1, 0.15) is 0 Å². The van der Waals surface area contributed by atoms with E-state index in [2.05, 4.69) is 26.1 Å². The van der Waals surface area contributed by atoms with Crippen molar-refractivity contribution in [2.24, 2.45) is 11.7 Å². The molecule has 2 amide bonds. The Balaban J connectivity index is 1.65. The zero-order valence-corrected chi connectivity index (χ0v) is 13.4. The fraction of sp³-hybridized carbons (Fsp3) is 0.571. The van der Waals surface area contributed by atoms with Crippen molar-refractivity contribution < 1.29 is 14.0 Å². The molecular formula is C14H20BrN3O3. The molecule has 1 aromatic rings. The molecule has 116 valence electrons. The number of hydrogen-bond acceptors (Lipinski definition) is 4. The van der Waals surface area contributed by atoms with E-state index in [1.807, 2.05) is 0 Å². The fourth-order valence-corrected chi connectivity index (χ4v) is 2.83. The molecule has 0 bridgehead atoms. The van der Waals surface area contributed by atoms with Crippen LogP contribution in [0.25, 0.3) is 0 Å². The summed E-state index contributed by atoms with van der Waals surface area (Å²) in [6.07, 6.45) is 2.72. The highest BCUT2D eigenvalue weighted by Gasteiger charge is 2.23. The van der Waals surface area contributed by atoms with Gasteiger partial charge in [0.05, 0.1) is 5.92 Å². The lowest BCUT2D eigenvalue weighted by Crippen LogP contribution is -2.42. The van der Waals surface area contributed by atoms with Gasteiger partial charge in [0.25, 0.3) is 5.91 Å². The summed E-state index contributed by atoms with van der Waals surface area (Å²) in [5.74, 6) is -0.159. The molecule has 0 spiro atoms. The van der Waals surface area contributed by atoms with Crippen molar-refractivity contribution in [2.75, 3.05) is 26.2 Å². The molecule has 1 aromatic heterocycles. The Kier molecular flexibility index (Phi) is 5.81. The van der Waals surface area contributed by atoms with Gasteiger partial charge in [-0.2, -0.15) is 0 Å². The summed E-state index contributed by atoms with van der Waals surface area (Å²) < 4.78 is 5.72. The number of carbonyl (C=O) groups is 2. The molecule has 2 rings (SSSR count). The lowest BCUT2D eigenvalue weighted by Gasteiger charge is -2.31. The van der Waals surface area contributed by atoms with Crippen molar-refractivity contribution in [3.8, 4) is 0 Å². The molecule has 0 aliphatic carbocycles. The van der Waals surface area contributed by atoms with Gasteiger partial charge >= 0.3 is 0 Å². The topological polar surface area (TPSA) is 88.6 Å². The van der Waals surface area contributed by atoms with Crippen LogP contribution in [0, 0.1) is 5.92 Å². The summed E-state index contributed by atoms with van der Waals surface area (Å²) in [7, 11) is 0. The van der Waals surface area contributed by atoms with E-state index in [9.17, 15) is 9.59 Å². The van der Waals surface area contributed by atoms with Gasteiger partial charge in [0.15, 0.2) is 10.4 Å². The average molecular weight is 358 g/mol. The van der Waals surface area contributed by atoms with Crippen LogP contribution in [0.15, 0.2) is 21.2 Å². The molecule has 3 N–H and O–H groups in total. The lowest BCUT2D eigenvalue weighted by atomic mass is 9.97. The number of nitrogens with zero attached hydrogens (tertiary/aromatic N) is 1. The number of primary amides is 1. The Labute approximate surface area is 132 Å². The number of piperidine rings is 1. The largest absolute Gasteiger partial charge is 0.444 e. The first-order valence-corrected chi connectivity index (χ1v) is 7.91. The lowest BCUT2D eigenvalue weighted by molar-refractivity contribution is -0.123. The van der Waals surface area contributed by atoms with Crippen molar-refractivity contribution in [3.63, 3.8) is 0 Å². The van der Waals surface area contributed by atoms with E-state index in [1.165, 1.54) is 0 Å². The number of hydrogen-bond donors (Lipinski definition) is 2. The minimum Gasteiger partial charge on any atom is -0.444 e. The zero-order chi connectivity index (χ0) is 15.2. The molecule has 0 radical (unpaired) electrons. The molecular weight excluding hydrogens is 338 g/mol. The molecule has 1 aliphatic heterocycles. The summed E-state index contributed by atoms with van der Waals surface area (Å²) >= 11 is 3.16. The first-order valence-electron chi connectivity index (χ1n) is 7.11. The number of likely N-dealkylation sites (tertiary alicyclic amines) is 1. The highest BCUT2D eigenvalue weighted by molar-refractivity contribution is 9.10. The monoisotopic (exact) mass is 357 g/mol. The molecule has 6 nitrogen and oxygen atoms in total. The fourth-order valence-electron chi connectivity index (χ4n) is 2.52. The van der Waals surface area contributed by atoms with E-state index in [0.717, 1.165) is 38.9 Å². The van der Waals surface area contributed by atoms with Crippen molar-refractivity contribution in [1.29, 1.82) is 0 Å². The van der Waals surface area contributed by atoms with Crippen LogP contribution in [-0.2, 0) is 4.79 Å². The Hall–Kier alpha value is -1.34. The predicted octanol–water partition coefficient (Wildman–Crippen LogP) is 1.36. The minimum absolute atomic E-state index is 0.0335. The number of halogens is 1. The first-order chi connectivity index (χ1) is 10.1. The summed E-state index contributed by atoms with van der Waals surface area (Å²) in [5.41, 5.74) is 5.35. The highest BCUT2D eigenvalue weighted by atomic mass is 79.9. The van der Waals surface area contributed by atoms with Gasteiger partial charge in [0, 0.05) is 13.1 Å². The molecule has 0 saturated carbocycles. The van der Waals surface area contributed by atoms with E-state index < -0.39 is 0 Å². The molecule has 7 heteroatoms. The molecule has 1 unspecified atom stereocenters. The van der Waals surface area contributed by atoms with Crippen molar-refractivity contribution in [3.05, 3.63) is 22.6 Å². The van der Waals surface area contributed by atoms with Crippen molar-refractivity contribution in [2.45, 2.75) is 19.3 Å². The number of nitrogens with two attached hydrogens (primary N) is 1. The minimum atomic E-state index is -0.214. The molecule has 1 atom stereocenters. The number of furan rings is 1. The molecule has 21 heavy (non-hydrogen) atoms. The van der Waals surface area contributed by atoms with Crippen molar-refractivity contribution in [1.82, 2.24) is 10.2 Å². The van der Waals surface area contributed by atoms with E-state index in [-0.39, 0.29) is 17.7 Å². The predicted molar refractivity (Wildman–Crippen MR) is 81.7 cm³/mol.